The van der Waals surface area contributed by atoms with Gasteiger partial charge in [-0.3, -0.25) is 9.52 Å². The number of rotatable bonds is 6. The Morgan fingerprint density at radius 2 is 1.96 bits per heavy atom. The van der Waals surface area contributed by atoms with Gasteiger partial charge in [0.25, 0.3) is 5.91 Å². The van der Waals surface area contributed by atoms with Crippen LogP contribution in [0.1, 0.15) is 22.8 Å². The van der Waals surface area contributed by atoms with Gasteiger partial charge >= 0.3 is 0 Å². The number of morpholine rings is 1. The molecule has 0 radical (unpaired) electrons. The van der Waals surface area contributed by atoms with Gasteiger partial charge in [-0.05, 0) is 37.1 Å². The third-order valence-electron chi connectivity index (χ3n) is 4.41. The summed E-state index contributed by atoms with van der Waals surface area (Å²) in [7, 11) is -3.50. The van der Waals surface area contributed by atoms with Gasteiger partial charge in [0.15, 0.2) is 0 Å². The number of carbonyl (C=O) groups excluding carboxylic acids is 1. The van der Waals surface area contributed by atoms with Crippen LogP contribution in [0.5, 0.6) is 0 Å². The highest BCUT2D eigenvalue weighted by Gasteiger charge is 2.23. The number of hydrogen-bond donors (Lipinski definition) is 1. The van der Waals surface area contributed by atoms with Crippen molar-refractivity contribution in [1.82, 2.24) is 4.90 Å². The Bertz CT molecular complexity index is 884. The molecule has 0 aromatic heterocycles. The molecule has 2 aromatic rings. The first kappa shape index (κ1) is 19.4. The minimum atomic E-state index is -3.50. The average Bonchev–Trinajstić information content (AvgIpc) is 2.66. The molecule has 27 heavy (non-hydrogen) atoms. The third-order valence-corrected chi connectivity index (χ3v) is 5.70. The minimum Gasteiger partial charge on any atom is -0.375 e. The largest absolute Gasteiger partial charge is 0.375 e. The lowest BCUT2D eigenvalue weighted by Gasteiger charge is -2.31. The molecule has 1 N–H and O–H groups in total. The van der Waals surface area contributed by atoms with Crippen LogP contribution in [0.3, 0.4) is 0 Å². The van der Waals surface area contributed by atoms with Gasteiger partial charge in [0.1, 0.15) is 0 Å². The number of aryl methyl sites for hydroxylation is 1. The van der Waals surface area contributed by atoms with Crippen LogP contribution in [0.25, 0.3) is 0 Å². The number of amides is 1. The monoisotopic (exact) mass is 388 g/mol. The summed E-state index contributed by atoms with van der Waals surface area (Å²) in [6.45, 7) is 3.51. The van der Waals surface area contributed by atoms with E-state index in [1.807, 2.05) is 37.3 Å². The highest BCUT2D eigenvalue weighted by atomic mass is 32.2. The van der Waals surface area contributed by atoms with Gasteiger partial charge < -0.3 is 9.64 Å². The molecule has 1 unspecified atom stereocenters. The highest BCUT2D eigenvalue weighted by Crippen LogP contribution is 2.16. The number of carbonyl (C=O) groups is 1. The summed E-state index contributed by atoms with van der Waals surface area (Å²) in [5.41, 5.74) is 1.83. The lowest BCUT2D eigenvalue weighted by atomic mass is 10.1. The molecule has 0 aliphatic carbocycles. The summed E-state index contributed by atoms with van der Waals surface area (Å²) in [5, 5.41) is 0. The van der Waals surface area contributed by atoms with E-state index in [2.05, 4.69) is 4.72 Å². The van der Waals surface area contributed by atoms with Crippen LogP contribution in [-0.2, 0) is 21.2 Å². The van der Waals surface area contributed by atoms with Crippen molar-refractivity contribution in [3.8, 4) is 0 Å². The summed E-state index contributed by atoms with van der Waals surface area (Å²) in [5.74, 6) is -0.133. The second-order valence-corrected chi connectivity index (χ2v) is 8.51. The first-order valence-corrected chi connectivity index (χ1v) is 10.6. The molecule has 0 spiro atoms. The maximum absolute atomic E-state index is 12.7. The summed E-state index contributed by atoms with van der Waals surface area (Å²) in [6.07, 6.45) is 0.433. The maximum atomic E-state index is 12.7. The fraction of sp³-hybridized carbons (Fsp3) is 0.350. The second kappa shape index (κ2) is 8.54. The molecule has 1 heterocycles. The lowest BCUT2D eigenvalue weighted by Crippen LogP contribution is -2.44. The smallest absolute Gasteiger partial charge is 0.254 e. The number of hydrogen-bond acceptors (Lipinski definition) is 4. The molecule has 1 atom stereocenters. The van der Waals surface area contributed by atoms with Crippen molar-refractivity contribution < 1.29 is 17.9 Å². The first-order valence-electron chi connectivity index (χ1n) is 8.98. The predicted molar refractivity (Wildman–Crippen MR) is 105 cm³/mol. The Labute approximate surface area is 160 Å². The Morgan fingerprint density at radius 3 is 2.70 bits per heavy atom. The standard InChI is InChI=1S/C20H24N2O4S/c1-16-15-22(11-12-26-16)20(23)18-8-5-9-19(14-18)21-27(24,25)13-10-17-6-3-2-4-7-17/h2-9,14,16,21H,10-13,15H2,1H3. The van der Waals surface area contributed by atoms with Gasteiger partial charge in [0.05, 0.1) is 18.5 Å². The van der Waals surface area contributed by atoms with Crippen LogP contribution < -0.4 is 4.72 Å². The normalized spacial score (nSPS) is 17.5. The minimum absolute atomic E-state index is 0.00220. The van der Waals surface area contributed by atoms with Crippen LogP contribution in [0.4, 0.5) is 5.69 Å². The lowest BCUT2D eigenvalue weighted by molar-refractivity contribution is -0.0124. The average molecular weight is 388 g/mol. The van der Waals surface area contributed by atoms with Crippen molar-refractivity contribution in [1.29, 1.82) is 0 Å². The number of nitrogens with zero attached hydrogens (tertiary/aromatic N) is 1. The SMILES string of the molecule is CC1CN(C(=O)c2cccc(NS(=O)(=O)CCc3ccccc3)c2)CCO1. The molecule has 1 aliphatic rings. The molecule has 0 bridgehead atoms. The quantitative estimate of drug-likeness (QED) is 0.825. The molecular weight excluding hydrogens is 364 g/mol. The Balaban J connectivity index is 1.65. The predicted octanol–water partition coefficient (Wildman–Crippen LogP) is 2.53. The molecule has 0 saturated carbocycles. The van der Waals surface area contributed by atoms with E-state index in [4.69, 9.17) is 4.74 Å². The number of anilines is 1. The van der Waals surface area contributed by atoms with Crippen molar-refractivity contribution in [3.05, 3.63) is 65.7 Å². The van der Waals surface area contributed by atoms with Gasteiger partial charge in [-0.2, -0.15) is 0 Å². The summed E-state index contributed by atoms with van der Waals surface area (Å²) in [6, 6.07) is 16.1. The van der Waals surface area contributed by atoms with Gasteiger partial charge in [0.2, 0.25) is 10.0 Å². The van der Waals surface area contributed by atoms with Gasteiger partial charge in [-0.1, -0.05) is 36.4 Å². The van der Waals surface area contributed by atoms with Crippen LogP contribution in [0.15, 0.2) is 54.6 Å². The van der Waals surface area contributed by atoms with Crippen molar-refractivity contribution in [3.63, 3.8) is 0 Å². The Morgan fingerprint density at radius 1 is 1.19 bits per heavy atom. The van der Waals surface area contributed by atoms with Crippen molar-refractivity contribution in [2.45, 2.75) is 19.4 Å². The number of nitrogens with one attached hydrogen (secondary N) is 1. The molecule has 2 aromatic carbocycles. The van der Waals surface area contributed by atoms with E-state index in [1.54, 1.807) is 29.2 Å². The fourth-order valence-corrected chi connectivity index (χ4v) is 4.12. The molecule has 7 heteroatoms. The van der Waals surface area contributed by atoms with E-state index >= 15 is 0 Å². The maximum Gasteiger partial charge on any atom is 0.254 e. The second-order valence-electron chi connectivity index (χ2n) is 6.67. The van der Waals surface area contributed by atoms with Gasteiger partial charge in [-0.15, -0.1) is 0 Å². The van der Waals surface area contributed by atoms with Crippen molar-refractivity contribution >= 4 is 21.6 Å². The highest BCUT2D eigenvalue weighted by molar-refractivity contribution is 7.92. The topological polar surface area (TPSA) is 75.7 Å². The number of ether oxygens (including phenoxy) is 1. The molecule has 3 rings (SSSR count). The van der Waals surface area contributed by atoms with Gasteiger partial charge in [0, 0.05) is 24.3 Å². The summed E-state index contributed by atoms with van der Waals surface area (Å²) >= 11 is 0. The molecule has 1 saturated heterocycles. The molecular formula is C20H24N2O4S. The number of benzene rings is 2. The van der Waals surface area contributed by atoms with Crippen LogP contribution in [0.2, 0.25) is 0 Å². The van der Waals surface area contributed by atoms with E-state index in [0.29, 0.717) is 37.4 Å². The zero-order valence-corrected chi connectivity index (χ0v) is 16.1. The molecule has 144 valence electrons. The van der Waals surface area contributed by atoms with Crippen LogP contribution in [-0.4, -0.2) is 50.8 Å². The van der Waals surface area contributed by atoms with Crippen molar-refractivity contribution in [2.75, 3.05) is 30.2 Å². The van der Waals surface area contributed by atoms with Gasteiger partial charge in [-0.25, -0.2) is 8.42 Å². The fourth-order valence-electron chi connectivity index (χ4n) is 3.03. The zero-order valence-electron chi connectivity index (χ0n) is 15.3. The molecule has 1 amide bonds. The van der Waals surface area contributed by atoms with E-state index in [1.165, 1.54) is 0 Å². The third kappa shape index (κ3) is 5.55. The van der Waals surface area contributed by atoms with Crippen LogP contribution in [0, 0.1) is 0 Å². The molecule has 6 nitrogen and oxygen atoms in total. The number of sulfonamides is 1. The molecule has 1 aliphatic heterocycles. The van der Waals surface area contributed by atoms with Crippen LogP contribution >= 0.6 is 0 Å². The van der Waals surface area contributed by atoms with Crippen molar-refractivity contribution in [2.24, 2.45) is 0 Å². The summed E-state index contributed by atoms with van der Waals surface area (Å²) in [4.78, 5) is 14.4. The van der Waals surface area contributed by atoms with E-state index in [0.717, 1.165) is 5.56 Å². The Kier molecular flexibility index (Phi) is 6.13. The van der Waals surface area contributed by atoms with E-state index < -0.39 is 10.0 Å². The summed E-state index contributed by atoms with van der Waals surface area (Å²) < 4.78 is 32.8. The molecule has 1 fully saturated rings. The van der Waals surface area contributed by atoms with E-state index in [-0.39, 0.29) is 17.8 Å². The Hall–Kier alpha value is -2.38. The van der Waals surface area contributed by atoms with E-state index in [9.17, 15) is 13.2 Å². The first-order chi connectivity index (χ1) is 12.9. The zero-order chi connectivity index (χ0) is 19.3.